The van der Waals surface area contributed by atoms with Gasteiger partial charge in [-0.3, -0.25) is 4.79 Å². The Kier molecular flexibility index (Phi) is 9.81. The van der Waals surface area contributed by atoms with Crippen LogP contribution in [0.15, 0.2) is 36.5 Å². The van der Waals surface area contributed by atoms with Crippen molar-refractivity contribution in [3.05, 3.63) is 36.5 Å². The maximum atomic E-state index is 11.9. The van der Waals surface area contributed by atoms with Gasteiger partial charge in [0.05, 0.1) is 0 Å². The molecule has 0 aromatic carbocycles. The molecule has 0 saturated heterocycles. The Morgan fingerprint density at radius 2 is 1.76 bits per heavy atom. The minimum absolute atomic E-state index is 0.152. The number of carbonyl (C=O) groups is 1. The van der Waals surface area contributed by atoms with Crippen LogP contribution in [0.2, 0.25) is 0 Å². The molecular formula is C19H31NO. The molecule has 0 saturated carbocycles. The van der Waals surface area contributed by atoms with E-state index in [-0.39, 0.29) is 5.92 Å². The highest BCUT2D eigenvalue weighted by atomic mass is 16.1. The second kappa shape index (κ2) is 11.5. The van der Waals surface area contributed by atoms with Crippen LogP contribution in [0.4, 0.5) is 0 Å². The highest BCUT2D eigenvalue weighted by Crippen LogP contribution is 2.29. The maximum absolute atomic E-state index is 11.9. The molecule has 1 aliphatic carbocycles. The minimum Gasteiger partial charge on any atom is -0.330 e. The van der Waals surface area contributed by atoms with E-state index in [9.17, 15) is 4.79 Å². The van der Waals surface area contributed by atoms with E-state index in [2.05, 4.69) is 37.3 Å². The number of unbranched alkanes of at least 4 members (excludes halogenated alkanes) is 4. The largest absolute Gasteiger partial charge is 0.330 e. The normalized spacial score (nSPS) is 22.1. The van der Waals surface area contributed by atoms with Gasteiger partial charge in [0.15, 0.2) is 5.78 Å². The van der Waals surface area contributed by atoms with E-state index in [1.54, 1.807) is 6.08 Å². The number of hydrogen-bond acceptors (Lipinski definition) is 2. The summed E-state index contributed by atoms with van der Waals surface area (Å²) in [7, 11) is 0. The van der Waals surface area contributed by atoms with Crippen LogP contribution in [0.1, 0.15) is 58.3 Å². The fourth-order valence-corrected chi connectivity index (χ4v) is 2.70. The monoisotopic (exact) mass is 289 g/mol. The van der Waals surface area contributed by atoms with E-state index in [0.717, 1.165) is 32.2 Å². The van der Waals surface area contributed by atoms with Crippen molar-refractivity contribution in [3.8, 4) is 0 Å². The zero-order valence-corrected chi connectivity index (χ0v) is 13.5. The first-order valence-electron chi connectivity index (χ1n) is 8.51. The molecule has 21 heavy (non-hydrogen) atoms. The third kappa shape index (κ3) is 7.42. The van der Waals surface area contributed by atoms with Crippen LogP contribution in [0, 0.1) is 11.8 Å². The predicted molar refractivity (Wildman–Crippen MR) is 91.1 cm³/mol. The van der Waals surface area contributed by atoms with E-state index in [0.29, 0.717) is 11.7 Å². The average molecular weight is 289 g/mol. The fourth-order valence-electron chi connectivity index (χ4n) is 2.70. The number of hydrogen-bond donors (Lipinski definition) is 1. The lowest BCUT2D eigenvalue weighted by molar-refractivity contribution is -0.118. The molecule has 2 atom stereocenters. The van der Waals surface area contributed by atoms with Gasteiger partial charge in [-0.2, -0.15) is 0 Å². The summed E-state index contributed by atoms with van der Waals surface area (Å²) < 4.78 is 0. The molecule has 2 N–H and O–H groups in total. The van der Waals surface area contributed by atoms with Gasteiger partial charge in [0, 0.05) is 5.92 Å². The van der Waals surface area contributed by atoms with Crippen molar-refractivity contribution < 1.29 is 4.79 Å². The number of rotatable bonds is 11. The van der Waals surface area contributed by atoms with Gasteiger partial charge >= 0.3 is 0 Å². The van der Waals surface area contributed by atoms with E-state index in [1.165, 1.54) is 25.7 Å². The Bertz CT molecular complexity index is 368. The lowest BCUT2D eigenvalue weighted by Gasteiger charge is -2.14. The molecule has 0 radical (unpaired) electrons. The number of carbonyl (C=O) groups excluding carboxylic acids is 1. The van der Waals surface area contributed by atoms with E-state index in [1.807, 2.05) is 0 Å². The molecule has 0 aliphatic heterocycles. The SMILES string of the molecule is CCCCC/C=C\C[C@@H]1C=CC(=O)[C@@H]1C/C=C\CCCN. The zero-order chi connectivity index (χ0) is 15.3. The van der Waals surface area contributed by atoms with Gasteiger partial charge in [0.25, 0.3) is 0 Å². The van der Waals surface area contributed by atoms with Gasteiger partial charge in [-0.15, -0.1) is 0 Å². The minimum atomic E-state index is 0.152. The first-order chi connectivity index (χ1) is 10.3. The highest BCUT2D eigenvalue weighted by molar-refractivity contribution is 5.94. The van der Waals surface area contributed by atoms with Crippen LogP contribution in [0.3, 0.4) is 0 Å². The van der Waals surface area contributed by atoms with Gasteiger partial charge in [-0.1, -0.05) is 50.1 Å². The summed E-state index contributed by atoms with van der Waals surface area (Å²) in [6, 6.07) is 0. The van der Waals surface area contributed by atoms with Gasteiger partial charge in [-0.25, -0.2) is 0 Å². The summed E-state index contributed by atoms with van der Waals surface area (Å²) in [5.41, 5.74) is 5.47. The van der Waals surface area contributed by atoms with Gasteiger partial charge in [0.1, 0.15) is 0 Å². The van der Waals surface area contributed by atoms with Gasteiger partial charge < -0.3 is 5.73 Å². The molecular weight excluding hydrogens is 258 g/mol. The van der Waals surface area contributed by atoms with E-state index in [4.69, 9.17) is 5.73 Å². The average Bonchev–Trinajstić information content (AvgIpc) is 2.83. The summed E-state index contributed by atoms with van der Waals surface area (Å²) in [4.78, 5) is 11.9. The molecule has 0 aromatic rings. The number of ketones is 1. The Labute approximate surface area is 130 Å². The molecule has 0 heterocycles. The Hall–Kier alpha value is -1.15. The lowest BCUT2D eigenvalue weighted by atomic mass is 9.88. The Balaban J connectivity index is 2.29. The van der Waals surface area contributed by atoms with Crippen molar-refractivity contribution >= 4 is 5.78 Å². The number of nitrogens with two attached hydrogens (primary N) is 1. The Morgan fingerprint density at radius 3 is 2.48 bits per heavy atom. The molecule has 118 valence electrons. The van der Waals surface area contributed by atoms with E-state index >= 15 is 0 Å². The first-order valence-corrected chi connectivity index (χ1v) is 8.51. The van der Waals surface area contributed by atoms with Crippen LogP contribution < -0.4 is 5.73 Å². The maximum Gasteiger partial charge on any atom is 0.159 e. The van der Waals surface area contributed by atoms with Crippen molar-refractivity contribution in [1.82, 2.24) is 0 Å². The quantitative estimate of drug-likeness (QED) is 0.447. The first kappa shape index (κ1) is 17.9. The van der Waals surface area contributed by atoms with Crippen molar-refractivity contribution in [3.63, 3.8) is 0 Å². The summed E-state index contributed by atoms with van der Waals surface area (Å²) >= 11 is 0. The van der Waals surface area contributed by atoms with Crippen LogP contribution in [0.25, 0.3) is 0 Å². The zero-order valence-electron chi connectivity index (χ0n) is 13.5. The van der Waals surface area contributed by atoms with Crippen LogP contribution in [-0.2, 0) is 4.79 Å². The fraction of sp³-hybridized carbons (Fsp3) is 0.632. The second-order valence-corrected chi connectivity index (χ2v) is 5.87. The molecule has 1 rings (SSSR count). The summed E-state index contributed by atoms with van der Waals surface area (Å²) in [6.45, 7) is 2.96. The summed E-state index contributed by atoms with van der Waals surface area (Å²) in [5, 5.41) is 0. The third-order valence-corrected chi connectivity index (χ3v) is 4.07. The molecule has 0 amide bonds. The standard InChI is InChI=1S/C19H31NO/c1-2-3-4-5-6-9-12-17-14-15-19(21)18(17)13-10-7-8-11-16-20/h6-7,9-10,14-15,17-18H,2-5,8,11-13,16,20H2,1H3/b9-6-,10-7-/t17-,18-/m1/s1. The molecule has 2 nitrogen and oxygen atoms in total. The van der Waals surface area contributed by atoms with Crippen molar-refractivity contribution in [2.45, 2.75) is 58.3 Å². The molecule has 0 fully saturated rings. The molecule has 1 aliphatic rings. The third-order valence-electron chi connectivity index (χ3n) is 4.07. The van der Waals surface area contributed by atoms with Gasteiger partial charge in [-0.05, 0) is 57.1 Å². The topological polar surface area (TPSA) is 43.1 Å². The second-order valence-electron chi connectivity index (χ2n) is 5.87. The molecule has 2 heteroatoms. The lowest BCUT2D eigenvalue weighted by Crippen LogP contribution is -2.14. The molecule has 0 spiro atoms. The van der Waals surface area contributed by atoms with Crippen molar-refractivity contribution in [2.24, 2.45) is 17.6 Å². The summed E-state index contributed by atoms with van der Waals surface area (Å²) in [6.07, 6.45) is 21.7. The smallest absolute Gasteiger partial charge is 0.159 e. The van der Waals surface area contributed by atoms with Crippen LogP contribution >= 0.6 is 0 Å². The van der Waals surface area contributed by atoms with E-state index < -0.39 is 0 Å². The van der Waals surface area contributed by atoms with Gasteiger partial charge in [0.2, 0.25) is 0 Å². The van der Waals surface area contributed by atoms with Crippen LogP contribution in [0.5, 0.6) is 0 Å². The van der Waals surface area contributed by atoms with Crippen molar-refractivity contribution in [1.29, 1.82) is 0 Å². The number of allylic oxidation sites excluding steroid dienone is 6. The summed E-state index contributed by atoms with van der Waals surface area (Å²) in [5.74, 6) is 0.835. The molecule has 0 bridgehead atoms. The Morgan fingerprint density at radius 1 is 1.05 bits per heavy atom. The predicted octanol–water partition coefficient (Wildman–Crippen LogP) is 4.57. The van der Waals surface area contributed by atoms with Crippen LogP contribution in [-0.4, -0.2) is 12.3 Å². The molecule has 0 aromatic heterocycles. The highest BCUT2D eigenvalue weighted by Gasteiger charge is 2.27. The molecule has 0 unspecified atom stereocenters. The van der Waals surface area contributed by atoms with Crippen molar-refractivity contribution in [2.75, 3.05) is 6.54 Å².